The first kappa shape index (κ1) is 13.4. The van der Waals surface area contributed by atoms with Crippen molar-refractivity contribution in [3.63, 3.8) is 0 Å². The van der Waals surface area contributed by atoms with E-state index in [1.165, 1.54) is 30.4 Å². The van der Waals surface area contributed by atoms with Crippen LogP contribution in [-0.2, 0) is 6.42 Å². The molecule has 0 saturated heterocycles. The maximum Gasteiger partial charge on any atom is 0.127 e. The van der Waals surface area contributed by atoms with Crippen LogP contribution in [0.5, 0.6) is 5.75 Å². The number of para-hydroxylation sites is 1. The van der Waals surface area contributed by atoms with Gasteiger partial charge in [0.25, 0.3) is 0 Å². The van der Waals surface area contributed by atoms with E-state index in [1.807, 2.05) is 0 Å². The molecule has 2 nitrogen and oxygen atoms in total. The van der Waals surface area contributed by atoms with E-state index >= 15 is 0 Å². The Kier molecular flexibility index (Phi) is 4.65. The number of nitrogens with one attached hydrogen (secondary N) is 1. The summed E-state index contributed by atoms with van der Waals surface area (Å²) in [7, 11) is 0. The zero-order valence-electron chi connectivity index (χ0n) is 11.8. The van der Waals surface area contributed by atoms with E-state index in [-0.39, 0.29) is 0 Å². The summed E-state index contributed by atoms with van der Waals surface area (Å²) in [5.74, 6) is 1.15. The molecule has 1 unspecified atom stereocenters. The Bertz CT molecular complexity index is 387. The molecule has 0 saturated carbocycles. The molecular weight excluding hydrogens is 222 g/mol. The molecule has 1 aromatic carbocycles. The van der Waals surface area contributed by atoms with Crippen LogP contribution in [0.1, 0.15) is 57.2 Å². The van der Waals surface area contributed by atoms with Crippen LogP contribution in [-0.4, -0.2) is 12.6 Å². The average Bonchev–Trinajstić information content (AvgIpc) is 2.82. The standard InChI is InChI=1S/C16H25NO/c1-4-5-9-15(17-12(2)3)14-8-6-7-13-10-11-18-16(13)14/h6-8,12,15,17H,4-5,9-11H2,1-3H3. The molecule has 0 fully saturated rings. The molecule has 1 aromatic rings. The number of hydrogen-bond donors (Lipinski definition) is 1. The van der Waals surface area contributed by atoms with Crippen molar-refractivity contribution in [2.45, 2.75) is 58.5 Å². The Morgan fingerprint density at radius 3 is 2.89 bits per heavy atom. The van der Waals surface area contributed by atoms with Gasteiger partial charge in [0.15, 0.2) is 0 Å². The fourth-order valence-corrected chi connectivity index (χ4v) is 2.65. The Balaban J connectivity index is 2.21. The van der Waals surface area contributed by atoms with Gasteiger partial charge < -0.3 is 10.1 Å². The lowest BCUT2D eigenvalue weighted by atomic mass is 9.97. The summed E-state index contributed by atoms with van der Waals surface area (Å²) in [6.07, 6.45) is 4.75. The van der Waals surface area contributed by atoms with Crippen molar-refractivity contribution in [2.75, 3.05) is 6.61 Å². The van der Waals surface area contributed by atoms with Crippen molar-refractivity contribution < 1.29 is 4.74 Å². The number of rotatable bonds is 6. The normalized spacial score (nSPS) is 15.6. The monoisotopic (exact) mass is 247 g/mol. The van der Waals surface area contributed by atoms with Gasteiger partial charge in [-0.1, -0.05) is 51.8 Å². The number of fused-ring (bicyclic) bond motifs is 1. The first-order valence-corrected chi connectivity index (χ1v) is 7.23. The van der Waals surface area contributed by atoms with Crippen LogP contribution in [0.3, 0.4) is 0 Å². The quantitative estimate of drug-likeness (QED) is 0.824. The van der Waals surface area contributed by atoms with E-state index in [1.54, 1.807) is 0 Å². The van der Waals surface area contributed by atoms with Crippen LogP contribution in [0.2, 0.25) is 0 Å². The minimum atomic E-state index is 0.429. The van der Waals surface area contributed by atoms with E-state index in [0.717, 1.165) is 18.8 Å². The summed E-state index contributed by atoms with van der Waals surface area (Å²) in [6.45, 7) is 7.51. The highest BCUT2D eigenvalue weighted by Gasteiger charge is 2.22. The lowest BCUT2D eigenvalue weighted by molar-refractivity contribution is 0.343. The number of unbranched alkanes of at least 4 members (excludes halogenated alkanes) is 1. The minimum Gasteiger partial charge on any atom is -0.493 e. The van der Waals surface area contributed by atoms with Gasteiger partial charge in [0.2, 0.25) is 0 Å². The van der Waals surface area contributed by atoms with Gasteiger partial charge in [-0.25, -0.2) is 0 Å². The number of ether oxygens (including phenoxy) is 1. The molecule has 0 radical (unpaired) electrons. The molecule has 1 aliphatic rings. The molecule has 0 spiro atoms. The zero-order chi connectivity index (χ0) is 13.0. The summed E-state index contributed by atoms with van der Waals surface area (Å²) in [5.41, 5.74) is 2.73. The van der Waals surface area contributed by atoms with Crippen molar-refractivity contribution in [3.05, 3.63) is 29.3 Å². The molecular formula is C16H25NO. The third-order valence-corrected chi connectivity index (χ3v) is 3.50. The van der Waals surface area contributed by atoms with Crippen molar-refractivity contribution in [2.24, 2.45) is 0 Å². The molecule has 1 heterocycles. The number of benzene rings is 1. The lowest BCUT2D eigenvalue weighted by Gasteiger charge is -2.23. The molecule has 0 amide bonds. The molecule has 100 valence electrons. The largest absolute Gasteiger partial charge is 0.493 e. The van der Waals surface area contributed by atoms with Crippen LogP contribution in [0.15, 0.2) is 18.2 Å². The van der Waals surface area contributed by atoms with Crippen molar-refractivity contribution in [3.8, 4) is 5.75 Å². The Morgan fingerprint density at radius 2 is 2.17 bits per heavy atom. The first-order valence-electron chi connectivity index (χ1n) is 7.23. The summed E-state index contributed by atoms with van der Waals surface area (Å²) in [4.78, 5) is 0. The van der Waals surface area contributed by atoms with Crippen LogP contribution >= 0.6 is 0 Å². The summed E-state index contributed by atoms with van der Waals surface area (Å²) in [5, 5.41) is 3.68. The summed E-state index contributed by atoms with van der Waals surface area (Å²) in [6, 6.07) is 7.52. The molecule has 0 aromatic heterocycles. The highest BCUT2D eigenvalue weighted by molar-refractivity contribution is 5.45. The van der Waals surface area contributed by atoms with Gasteiger partial charge in [0.1, 0.15) is 5.75 Å². The van der Waals surface area contributed by atoms with Crippen LogP contribution in [0.25, 0.3) is 0 Å². The van der Waals surface area contributed by atoms with Crippen molar-refractivity contribution >= 4 is 0 Å². The Hall–Kier alpha value is -1.02. The highest BCUT2D eigenvalue weighted by atomic mass is 16.5. The maximum atomic E-state index is 5.83. The predicted molar refractivity (Wildman–Crippen MR) is 76.2 cm³/mol. The van der Waals surface area contributed by atoms with Gasteiger partial charge in [0.05, 0.1) is 6.61 Å². The van der Waals surface area contributed by atoms with Gasteiger partial charge in [-0.2, -0.15) is 0 Å². The van der Waals surface area contributed by atoms with Crippen molar-refractivity contribution in [1.82, 2.24) is 5.32 Å². The van der Waals surface area contributed by atoms with Gasteiger partial charge in [-0.05, 0) is 12.0 Å². The Labute approximate surface area is 111 Å². The second-order valence-electron chi connectivity index (χ2n) is 5.45. The molecule has 0 bridgehead atoms. The molecule has 1 atom stereocenters. The fraction of sp³-hybridized carbons (Fsp3) is 0.625. The third-order valence-electron chi connectivity index (χ3n) is 3.50. The van der Waals surface area contributed by atoms with Gasteiger partial charge in [0, 0.05) is 24.1 Å². The highest BCUT2D eigenvalue weighted by Crippen LogP contribution is 2.35. The van der Waals surface area contributed by atoms with Crippen LogP contribution < -0.4 is 10.1 Å². The van der Waals surface area contributed by atoms with E-state index in [0.29, 0.717) is 12.1 Å². The summed E-state index contributed by atoms with van der Waals surface area (Å²) >= 11 is 0. The van der Waals surface area contributed by atoms with E-state index in [2.05, 4.69) is 44.3 Å². The third kappa shape index (κ3) is 3.05. The maximum absolute atomic E-state index is 5.83. The molecule has 18 heavy (non-hydrogen) atoms. The van der Waals surface area contributed by atoms with E-state index in [4.69, 9.17) is 4.74 Å². The molecule has 2 rings (SSSR count). The molecule has 2 heteroatoms. The molecule has 0 aliphatic carbocycles. The zero-order valence-corrected chi connectivity index (χ0v) is 11.8. The van der Waals surface area contributed by atoms with Gasteiger partial charge in [-0.15, -0.1) is 0 Å². The fourth-order valence-electron chi connectivity index (χ4n) is 2.65. The molecule has 1 aliphatic heterocycles. The second-order valence-corrected chi connectivity index (χ2v) is 5.45. The minimum absolute atomic E-state index is 0.429. The van der Waals surface area contributed by atoms with Gasteiger partial charge in [-0.3, -0.25) is 0 Å². The van der Waals surface area contributed by atoms with Crippen LogP contribution in [0, 0.1) is 0 Å². The predicted octanol–water partition coefficient (Wildman–Crippen LogP) is 3.85. The van der Waals surface area contributed by atoms with Crippen molar-refractivity contribution in [1.29, 1.82) is 0 Å². The van der Waals surface area contributed by atoms with E-state index in [9.17, 15) is 0 Å². The topological polar surface area (TPSA) is 21.3 Å². The molecule has 1 N–H and O–H groups in total. The SMILES string of the molecule is CCCCC(NC(C)C)c1cccc2c1OCC2. The Morgan fingerprint density at radius 1 is 1.33 bits per heavy atom. The van der Waals surface area contributed by atoms with Gasteiger partial charge >= 0.3 is 0 Å². The average molecular weight is 247 g/mol. The number of hydrogen-bond acceptors (Lipinski definition) is 2. The first-order chi connectivity index (χ1) is 8.72. The van der Waals surface area contributed by atoms with Crippen LogP contribution in [0.4, 0.5) is 0 Å². The lowest BCUT2D eigenvalue weighted by Crippen LogP contribution is -2.28. The summed E-state index contributed by atoms with van der Waals surface area (Å²) < 4.78 is 5.83. The smallest absolute Gasteiger partial charge is 0.127 e. The van der Waals surface area contributed by atoms with E-state index < -0.39 is 0 Å². The second kappa shape index (κ2) is 6.24.